The molecule has 0 radical (unpaired) electrons. The Morgan fingerprint density at radius 3 is 2.45 bits per heavy atom. The second-order valence-electron chi connectivity index (χ2n) is 6.28. The highest BCUT2D eigenvalue weighted by atomic mass is 16.6. The minimum Gasteiger partial charge on any atom is -0.490 e. The van der Waals surface area contributed by atoms with Gasteiger partial charge in [0.05, 0.1) is 30.8 Å². The number of amides is 1. The predicted molar refractivity (Wildman–Crippen MR) is 102 cm³/mol. The van der Waals surface area contributed by atoms with Crippen LogP contribution >= 0.6 is 0 Å². The molecular weight excluding hydrogens is 380 g/mol. The number of ether oxygens (including phenoxy) is 3. The first-order chi connectivity index (χ1) is 14.0. The van der Waals surface area contributed by atoms with E-state index in [-0.39, 0.29) is 22.9 Å². The lowest BCUT2D eigenvalue weighted by molar-refractivity contribution is -0.385. The molecule has 1 heterocycles. The number of nitro groups is 1. The highest BCUT2D eigenvalue weighted by molar-refractivity contribution is 5.93. The molecule has 2 aromatic rings. The highest BCUT2D eigenvalue weighted by Gasteiger charge is 2.31. The summed E-state index contributed by atoms with van der Waals surface area (Å²) in [5, 5.41) is 11.2. The van der Waals surface area contributed by atoms with E-state index in [1.165, 1.54) is 19.2 Å². The maximum atomic E-state index is 13.0. The van der Waals surface area contributed by atoms with E-state index < -0.39 is 17.0 Å². The Bertz CT molecular complexity index is 895. The molecule has 152 valence electrons. The van der Waals surface area contributed by atoms with E-state index in [2.05, 4.69) is 0 Å². The lowest BCUT2D eigenvalue weighted by Crippen LogP contribution is -2.44. The summed E-state index contributed by atoms with van der Waals surface area (Å²) >= 11 is 0. The van der Waals surface area contributed by atoms with E-state index in [1.54, 1.807) is 35.2 Å². The number of methoxy groups -OCH3 is 1. The van der Waals surface area contributed by atoms with Crippen LogP contribution in [-0.4, -0.2) is 55.1 Å². The van der Waals surface area contributed by atoms with Crippen LogP contribution in [0.25, 0.3) is 0 Å². The summed E-state index contributed by atoms with van der Waals surface area (Å²) in [5.41, 5.74) is 0.103. The number of hydrogen-bond donors (Lipinski definition) is 0. The normalized spacial score (nSPS) is 14.7. The summed E-state index contributed by atoms with van der Waals surface area (Å²) in [7, 11) is 1.30. The number of nitrogens with zero attached hydrogens (tertiary/aromatic N) is 2. The molecule has 0 saturated carbocycles. The molecule has 0 N–H and O–H groups in total. The summed E-state index contributed by atoms with van der Waals surface area (Å²) in [5.74, 6) is -1.18. The Morgan fingerprint density at radius 1 is 1.14 bits per heavy atom. The van der Waals surface area contributed by atoms with E-state index in [9.17, 15) is 19.7 Å². The van der Waals surface area contributed by atoms with Crippen LogP contribution in [-0.2, 0) is 14.3 Å². The van der Waals surface area contributed by atoms with Crippen molar-refractivity contribution < 1.29 is 28.7 Å². The number of carbonyl (C=O) groups is 2. The lowest BCUT2D eigenvalue weighted by Gasteiger charge is -2.30. The van der Waals surface area contributed by atoms with Crippen LogP contribution < -0.4 is 4.74 Å². The number of nitro benzene ring substituents is 1. The predicted octanol–water partition coefficient (Wildman–Crippen LogP) is 2.36. The summed E-state index contributed by atoms with van der Waals surface area (Å²) in [6.07, 6.45) is -1.16. The molecule has 9 nitrogen and oxygen atoms in total. The van der Waals surface area contributed by atoms with Crippen LogP contribution in [0, 0.1) is 10.1 Å². The third-order valence-corrected chi connectivity index (χ3v) is 4.49. The molecule has 1 aliphatic heterocycles. The first-order valence-corrected chi connectivity index (χ1v) is 8.96. The highest BCUT2D eigenvalue weighted by Crippen LogP contribution is 2.29. The maximum Gasteiger partial charge on any atom is 0.339 e. The van der Waals surface area contributed by atoms with Crippen molar-refractivity contribution >= 4 is 17.6 Å². The van der Waals surface area contributed by atoms with Crippen LogP contribution in [0.2, 0.25) is 0 Å². The van der Waals surface area contributed by atoms with Gasteiger partial charge < -0.3 is 19.1 Å². The third kappa shape index (κ3) is 4.69. The standard InChI is InChI=1S/C20H20N2O7/c1-27-17-8-7-15(13-16(17)22(25)26)20(24)29-18(14-5-3-2-4-6-14)19(23)21-9-11-28-12-10-21/h2-8,13,18H,9-12H2,1H3/t18-/m0/s1. The fraction of sp³-hybridized carbons (Fsp3) is 0.300. The number of morpholine rings is 1. The average Bonchev–Trinajstić information content (AvgIpc) is 2.77. The average molecular weight is 400 g/mol. The summed E-state index contributed by atoms with van der Waals surface area (Å²) in [6, 6.07) is 12.4. The Kier molecular flexibility index (Phi) is 6.40. The Morgan fingerprint density at radius 2 is 1.83 bits per heavy atom. The Hall–Kier alpha value is -3.46. The van der Waals surface area contributed by atoms with Crippen LogP contribution in [0.3, 0.4) is 0 Å². The molecular formula is C20H20N2O7. The molecule has 1 saturated heterocycles. The van der Waals surface area contributed by atoms with Gasteiger partial charge in [-0.15, -0.1) is 0 Å². The van der Waals surface area contributed by atoms with Crippen molar-refractivity contribution in [3.8, 4) is 5.75 Å². The topological polar surface area (TPSA) is 108 Å². The fourth-order valence-electron chi connectivity index (χ4n) is 2.97. The number of hydrogen-bond acceptors (Lipinski definition) is 7. The molecule has 2 aromatic carbocycles. The van der Waals surface area contributed by atoms with Gasteiger partial charge >= 0.3 is 11.7 Å². The van der Waals surface area contributed by atoms with Crippen molar-refractivity contribution in [1.29, 1.82) is 0 Å². The molecule has 3 rings (SSSR count). The molecule has 0 bridgehead atoms. The van der Waals surface area contributed by atoms with Gasteiger partial charge in [-0.3, -0.25) is 14.9 Å². The van der Waals surface area contributed by atoms with E-state index in [0.717, 1.165) is 6.07 Å². The minimum absolute atomic E-state index is 0.0237. The van der Waals surface area contributed by atoms with Gasteiger partial charge in [-0.05, 0) is 12.1 Å². The maximum absolute atomic E-state index is 13.0. The molecule has 1 atom stereocenters. The molecule has 1 aliphatic rings. The van der Waals surface area contributed by atoms with Gasteiger partial charge in [-0.25, -0.2) is 4.79 Å². The largest absolute Gasteiger partial charge is 0.490 e. The van der Waals surface area contributed by atoms with Gasteiger partial charge in [0.2, 0.25) is 6.10 Å². The number of rotatable bonds is 6. The number of carbonyl (C=O) groups excluding carboxylic acids is 2. The molecule has 0 spiro atoms. The van der Waals surface area contributed by atoms with Crippen LogP contribution in [0.4, 0.5) is 5.69 Å². The van der Waals surface area contributed by atoms with E-state index in [0.29, 0.717) is 31.9 Å². The van der Waals surface area contributed by atoms with Gasteiger partial charge in [0, 0.05) is 24.7 Å². The Labute approximate surface area is 166 Å². The smallest absolute Gasteiger partial charge is 0.339 e. The van der Waals surface area contributed by atoms with Crippen LogP contribution in [0.5, 0.6) is 5.75 Å². The second kappa shape index (κ2) is 9.16. The summed E-state index contributed by atoms with van der Waals surface area (Å²) in [4.78, 5) is 37.9. The zero-order valence-corrected chi connectivity index (χ0v) is 15.8. The van der Waals surface area contributed by atoms with E-state index in [4.69, 9.17) is 14.2 Å². The first-order valence-electron chi connectivity index (χ1n) is 8.96. The number of benzene rings is 2. The zero-order valence-electron chi connectivity index (χ0n) is 15.8. The zero-order chi connectivity index (χ0) is 20.8. The summed E-state index contributed by atoms with van der Waals surface area (Å²) in [6.45, 7) is 1.61. The molecule has 0 aromatic heterocycles. The van der Waals surface area contributed by atoms with Crippen LogP contribution in [0.1, 0.15) is 22.0 Å². The minimum atomic E-state index is -1.16. The van der Waals surface area contributed by atoms with Gasteiger partial charge in [0.15, 0.2) is 5.75 Å². The van der Waals surface area contributed by atoms with Crippen molar-refractivity contribution in [3.63, 3.8) is 0 Å². The summed E-state index contributed by atoms with van der Waals surface area (Å²) < 4.78 is 15.7. The number of esters is 1. The molecule has 9 heteroatoms. The molecule has 1 amide bonds. The van der Waals surface area contributed by atoms with Crippen molar-refractivity contribution in [2.75, 3.05) is 33.4 Å². The fourth-order valence-corrected chi connectivity index (χ4v) is 2.97. The molecule has 29 heavy (non-hydrogen) atoms. The lowest BCUT2D eigenvalue weighted by atomic mass is 10.1. The van der Waals surface area contributed by atoms with Gasteiger partial charge in [-0.1, -0.05) is 30.3 Å². The first kappa shape index (κ1) is 20.3. The van der Waals surface area contributed by atoms with Gasteiger partial charge in [0.25, 0.3) is 5.91 Å². The van der Waals surface area contributed by atoms with Crippen molar-refractivity contribution in [2.24, 2.45) is 0 Å². The van der Waals surface area contributed by atoms with Gasteiger partial charge in [0.1, 0.15) is 0 Å². The van der Waals surface area contributed by atoms with Gasteiger partial charge in [-0.2, -0.15) is 0 Å². The van der Waals surface area contributed by atoms with E-state index >= 15 is 0 Å². The SMILES string of the molecule is COc1ccc(C(=O)O[C@H](C(=O)N2CCOCC2)c2ccccc2)cc1[N+](=O)[O-]. The molecule has 0 unspecified atom stereocenters. The van der Waals surface area contributed by atoms with Crippen molar-refractivity contribution in [2.45, 2.75) is 6.10 Å². The van der Waals surface area contributed by atoms with Crippen molar-refractivity contribution in [1.82, 2.24) is 4.90 Å². The van der Waals surface area contributed by atoms with E-state index in [1.807, 2.05) is 0 Å². The third-order valence-electron chi connectivity index (χ3n) is 4.49. The van der Waals surface area contributed by atoms with Crippen LogP contribution in [0.15, 0.2) is 48.5 Å². The van der Waals surface area contributed by atoms with Crippen molar-refractivity contribution in [3.05, 3.63) is 69.8 Å². The molecule has 1 fully saturated rings. The quantitative estimate of drug-likeness (QED) is 0.416. The Balaban J connectivity index is 1.87. The molecule has 0 aliphatic carbocycles. The monoisotopic (exact) mass is 400 g/mol. The second-order valence-corrected chi connectivity index (χ2v) is 6.28.